The van der Waals surface area contributed by atoms with Gasteiger partial charge in [-0.2, -0.15) is 4.98 Å². The maximum atomic E-state index is 12.5. The first-order chi connectivity index (χ1) is 13.3. The van der Waals surface area contributed by atoms with Gasteiger partial charge in [0.25, 0.3) is 5.16 Å². The summed E-state index contributed by atoms with van der Waals surface area (Å²) in [6.45, 7) is -0.238. The Morgan fingerprint density at radius 2 is 1.86 bits per heavy atom. The minimum Gasteiger partial charge on any atom is -0.495 e. The average molecular weight is 421 g/mol. The number of rotatable bonds is 6. The molecule has 3 rings (SSSR count). The Balaban J connectivity index is 1.93. The van der Waals surface area contributed by atoms with Crippen molar-refractivity contribution in [2.24, 2.45) is 0 Å². The van der Waals surface area contributed by atoms with Gasteiger partial charge in [-0.3, -0.25) is 4.79 Å². The third-order valence-electron chi connectivity index (χ3n) is 3.76. The number of carbonyl (C=O) groups excluding carboxylic acids is 1. The Morgan fingerprint density at radius 3 is 2.50 bits per heavy atom. The second kappa shape index (κ2) is 7.99. The van der Waals surface area contributed by atoms with Crippen LogP contribution in [0.1, 0.15) is 0 Å². The lowest BCUT2D eigenvalue weighted by Crippen LogP contribution is -2.20. The molecule has 0 spiro atoms. The summed E-state index contributed by atoms with van der Waals surface area (Å²) in [6, 6.07) is 13.6. The topological polar surface area (TPSA) is 103 Å². The van der Waals surface area contributed by atoms with E-state index in [0.29, 0.717) is 22.0 Å². The molecule has 0 bridgehead atoms. The van der Waals surface area contributed by atoms with Crippen LogP contribution in [-0.4, -0.2) is 42.5 Å². The zero-order valence-electron chi connectivity index (χ0n) is 15.1. The van der Waals surface area contributed by atoms with Crippen molar-refractivity contribution in [2.45, 2.75) is 11.7 Å². The molecule has 0 atom stereocenters. The van der Waals surface area contributed by atoms with Crippen LogP contribution >= 0.6 is 11.6 Å². The van der Waals surface area contributed by atoms with Gasteiger partial charge in [0.2, 0.25) is 15.7 Å². The molecule has 0 saturated carbocycles. The van der Waals surface area contributed by atoms with Crippen LogP contribution in [0, 0.1) is 0 Å². The average Bonchev–Trinajstić information content (AvgIpc) is 3.07. The van der Waals surface area contributed by atoms with Crippen LogP contribution in [0.3, 0.4) is 0 Å². The Labute approximate surface area is 167 Å². The summed E-state index contributed by atoms with van der Waals surface area (Å²) in [6.07, 6.45) is 1.01. The standard InChI is InChI=1S/C18H17ClN4O4S/c1-27-15-6-4-3-5-14(15)20-16(24)11-23-17(12-7-9-13(19)10-8-12)21-18(22-23)28(2,25)26/h3-10H,11H2,1-2H3,(H,20,24). The maximum absolute atomic E-state index is 12.5. The first-order valence-corrected chi connectivity index (χ1v) is 10.4. The second-order valence-electron chi connectivity index (χ2n) is 5.90. The molecule has 1 N–H and O–H groups in total. The van der Waals surface area contributed by atoms with Crippen molar-refractivity contribution in [3.05, 3.63) is 53.6 Å². The van der Waals surface area contributed by atoms with Crippen LogP contribution in [0.25, 0.3) is 11.4 Å². The summed E-state index contributed by atoms with van der Waals surface area (Å²) in [5, 5.41) is 6.88. The molecule has 146 valence electrons. The van der Waals surface area contributed by atoms with Crippen LogP contribution in [-0.2, 0) is 21.2 Å². The van der Waals surface area contributed by atoms with Gasteiger partial charge >= 0.3 is 0 Å². The molecule has 2 aromatic carbocycles. The summed E-state index contributed by atoms with van der Waals surface area (Å²) >= 11 is 5.91. The van der Waals surface area contributed by atoms with Crippen LogP contribution < -0.4 is 10.1 Å². The number of methoxy groups -OCH3 is 1. The number of nitrogens with zero attached hydrogens (tertiary/aromatic N) is 3. The van der Waals surface area contributed by atoms with Gasteiger partial charge in [0.15, 0.2) is 5.82 Å². The molecule has 1 heterocycles. The highest BCUT2D eigenvalue weighted by atomic mass is 35.5. The number of hydrogen-bond donors (Lipinski definition) is 1. The fourth-order valence-electron chi connectivity index (χ4n) is 2.47. The van der Waals surface area contributed by atoms with Gasteiger partial charge in [-0.25, -0.2) is 13.1 Å². The van der Waals surface area contributed by atoms with Crippen LogP contribution in [0.15, 0.2) is 53.7 Å². The summed E-state index contributed by atoms with van der Waals surface area (Å²) < 4.78 is 30.2. The van der Waals surface area contributed by atoms with Crippen molar-refractivity contribution in [2.75, 3.05) is 18.7 Å². The van der Waals surface area contributed by atoms with Crippen molar-refractivity contribution in [3.8, 4) is 17.1 Å². The van der Waals surface area contributed by atoms with E-state index in [0.717, 1.165) is 6.26 Å². The third kappa shape index (κ3) is 4.49. The van der Waals surface area contributed by atoms with Gasteiger partial charge in [-0.15, -0.1) is 5.10 Å². The van der Waals surface area contributed by atoms with E-state index < -0.39 is 15.7 Å². The largest absolute Gasteiger partial charge is 0.495 e. The van der Waals surface area contributed by atoms with E-state index in [9.17, 15) is 13.2 Å². The van der Waals surface area contributed by atoms with Crippen LogP contribution in [0.4, 0.5) is 5.69 Å². The highest BCUT2D eigenvalue weighted by Gasteiger charge is 2.21. The second-order valence-corrected chi connectivity index (χ2v) is 8.25. The first kappa shape index (κ1) is 19.8. The molecule has 3 aromatic rings. The van der Waals surface area contributed by atoms with E-state index in [1.165, 1.54) is 11.8 Å². The monoisotopic (exact) mass is 420 g/mol. The number of hydrogen-bond acceptors (Lipinski definition) is 6. The normalized spacial score (nSPS) is 11.2. The number of ether oxygens (including phenoxy) is 1. The molecular weight excluding hydrogens is 404 g/mol. The molecule has 0 aliphatic carbocycles. The molecule has 0 aliphatic rings. The Kier molecular flexibility index (Phi) is 5.66. The predicted octanol–water partition coefficient (Wildman–Crippen LogP) is 2.65. The van der Waals surface area contributed by atoms with E-state index in [-0.39, 0.29) is 17.5 Å². The number of halogens is 1. The Morgan fingerprint density at radius 1 is 1.18 bits per heavy atom. The summed E-state index contributed by atoms with van der Waals surface area (Å²) in [5.74, 6) is 0.334. The number of anilines is 1. The van der Waals surface area contributed by atoms with Crippen LogP contribution in [0.2, 0.25) is 5.02 Å². The van der Waals surface area contributed by atoms with Crippen molar-refractivity contribution in [3.63, 3.8) is 0 Å². The third-order valence-corrected chi connectivity index (χ3v) is 4.85. The molecule has 0 unspecified atom stereocenters. The van der Waals surface area contributed by atoms with E-state index in [4.69, 9.17) is 16.3 Å². The zero-order chi connectivity index (χ0) is 20.3. The van der Waals surface area contributed by atoms with E-state index in [1.807, 2.05) is 0 Å². The van der Waals surface area contributed by atoms with Gasteiger partial charge in [-0.1, -0.05) is 23.7 Å². The molecule has 1 amide bonds. The van der Waals surface area contributed by atoms with Crippen molar-refractivity contribution < 1.29 is 17.9 Å². The summed E-state index contributed by atoms with van der Waals surface area (Å²) in [4.78, 5) is 16.6. The SMILES string of the molecule is COc1ccccc1NC(=O)Cn1nc(S(C)(=O)=O)nc1-c1ccc(Cl)cc1. The summed E-state index contributed by atoms with van der Waals surface area (Å²) in [5.41, 5.74) is 1.07. The Bertz CT molecular complexity index is 1110. The van der Waals surface area contributed by atoms with Crippen molar-refractivity contribution in [1.29, 1.82) is 0 Å². The number of nitrogens with one attached hydrogen (secondary N) is 1. The quantitative estimate of drug-likeness (QED) is 0.657. The van der Waals surface area contributed by atoms with Gasteiger partial charge in [-0.05, 0) is 36.4 Å². The fraction of sp³-hybridized carbons (Fsp3) is 0.167. The maximum Gasteiger partial charge on any atom is 0.267 e. The molecule has 0 aliphatic heterocycles. The molecule has 0 fully saturated rings. The number of sulfone groups is 1. The lowest BCUT2D eigenvalue weighted by molar-refractivity contribution is -0.116. The van der Waals surface area contributed by atoms with Gasteiger partial charge in [0.05, 0.1) is 12.8 Å². The predicted molar refractivity (Wildman–Crippen MR) is 105 cm³/mol. The van der Waals surface area contributed by atoms with E-state index in [1.54, 1.807) is 48.5 Å². The highest BCUT2D eigenvalue weighted by molar-refractivity contribution is 7.90. The molecule has 1 aromatic heterocycles. The number of benzene rings is 2. The highest BCUT2D eigenvalue weighted by Crippen LogP contribution is 2.24. The fourth-order valence-corrected chi connectivity index (χ4v) is 3.10. The molecule has 0 saturated heterocycles. The van der Waals surface area contributed by atoms with Crippen molar-refractivity contribution in [1.82, 2.24) is 14.8 Å². The number of carbonyl (C=O) groups is 1. The molecule has 28 heavy (non-hydrogen) atoms. The smallest absolute Gasteiger partial charge is 0.267 e. The van der Waals surface area contributed by atoms with Crippen LogP contribution in [0.5, 0.6) is 5.75 Å². The molecule has 0 radical (unpaired) electrons. The van der Waals surface area contributed by atoms with Crippen molar-refractivity contribution >= 4 is 33.0 Å². The minimum atomic E-state index is -3.65. The van der Waals surface area contributed by atoms with E-state index in [2.05, 4.69) is 15.4 Å². The number of aromatic nitrogens is 3. The Hall–Kier alpha value is -2.91. The zero-order valence-corrected chi connectivity index (χ0v) is 16.7. The van der Waals surface area contributed by atoms with E-state index >= 15 is 0 Å². The van der Waals surface area contributed by atoms with Gasteiger partial charge in [0, 0.05) is 16.8 Å². The first-order valence-electron chi connectivity index (χ1n) is 8.11. The lowest BCUT2D eigenvalue weighted by Gasteiger charge is -2.10. The number of para-hydroxylation sites is 2. The molecule has 8 nitrogen and oxygen atoms in total. The lowest BCUT2D eigenvalue weighted by atomic mass is 10.2. The summed E-state index contributed by atoms with van der Waals surface area (Å²) in [7, 11) is -2.15. The van der Waals surface area contributed by atoms with Gasteiger partial charge < -0.3 is 10.1 Å². The number of amides is 1. The minimum absolute atomic E-state index is 0.238. The molecule has 10 heteroatoms. The van der Waals surface area contributed by atoms with Gasteiger partial charge in [0.1, 0.15) is 12.3 Å². The molecular formula is C18H17ClN4O4S.